The van der Waals surface area contributed by atoms with Crippen LogP contribution in [0.2, 0.25) is 0 Å². The number of nitrogens with zero attached hydrogens (tertiary/aromatic N) is 3. The molecule has 0 spiro atoms. The van der Waals surface area contributed by atoms with Gasteiger partial charge in [0.1, 0.15) is 0 Å². The highest BCUT2D eigenvalue weighted by molar-refractivity contribution is 8.00. The number of amides is 1. The largest absolute Gasteiger partial charge is 0.308 e. The zero-order valence-corrected chi connectivity index (χ0v) is 19.4. The molecule has 8 heteroatoms. The summed E-state index contributed by atoms with van der Waals surface area (Å²) in [5.41, 5.74) is 0.950. The lowest BCUT2D eigenvalue weighted by Crippen LogP contribution is -2.37. The first-order valence-electron chi connectivity index (χ1n) is 8.64. The van der Waals surface area contributed by atoms with E-state index in [1.54, 1.807) is 34.9 Å². The van der Waals surface area contributed by atoms with Crippen LogP contribution in [0.5, 0.6) is 0 Å². The van der Waals surface area contributed by atoms with Gasteiger partial charge in [-0.3, -0.25) is 9.69 Å². The van der Waals surface area contributed by atoms with Crippen LogP contribution in [0.4, 0.5) is 5.13 Å². The molecule has 0 aliphatic heterocycles. The number of carbonyl (C=O) groups excluding carboxylic acids is 1. The summed E-state index contributed by atoms with van der Waals surface area (Å²) in [6.07, 6.45) is 2.07. The van der Waals surface area contributed by atoms with Crippen LogP contribution in [-0.2, 0) is 4.79 Å². The first-order chi connectivity index (χ1) is 13.1. The fraction of sp³-hybridized carbons (Fsp3) is 0.300. The van der Waals surface area contributed by atoms with Crippen molar-refractivity contribution >= 4 is 68.5 Å². The molecule has 0 unspecified atom stereocenters. The first kappa shape index (κ1) is 23.0. The molecular weight excluding hydrogens is 430 g/mol. The van der Waals surface area contributed by atoms with Gasteiger partial charge in [-0.1, -0.05) is 29.5 Å². The third-order valence-corrected chi connectivity index (χ3v) is 6.76. The summed E-state index contributed by atoms with van der Waals surface area (Å²) in [7, 11) is 4.04. The topological polar surface area (TPSA) is 36.4 Å². The Hall–Kier alpha value is -1.25. The van der Waals surface area contributed by atoms with Crippen molar-refractivity contribution < 1.29 is 4.79 Å². The van der Waals surface area contributed by atoms with Gasteiger partial charge in [0.25, 0.3) is 0 Å². The van der Waals surface area contributed by atoms with Gasteiger partial charge in [-0.15, -0.1) is 35.9 Å². The van der Waals surface area contributed by atoms with Crippen LogP contribution < -0.4 is 4.90 Å². The van der Waals surface area contributed by atoms with Crippen molar-refractivity contribution in [3.05, 3.63) is 48.5 Å². The van der Waals surface area contributed by atoms with E-state index in [0.717, 1.165) is 26.8 Å². The molecule has 0 N–H and O–H groups in total. The third kappa shape index (κ3) is 6.12. The molecule has 3 rings (SSSR count). The van der Waals surface area contributed by atoms with Crippen molar-refractivity contribution in [1.82, 2.24) is 9.88 Å². The Balaban J connectivity index is 0.00000280. The molecule has 150 valence electrons. The molecular formula is C20H24ClN3OS3. The third-order valence-electron chi connectivity index (χ3n) is 3.99. The van der Waals surface area contributed by atoms with Gasteiger partial charge in [0.15, 0.2) is 5.13 Å². The van der Waals surface area contributed by atoms with Crippen LogP contribution in [0, 0.1) is 0 Å². The van der Waals surface area contributed by atoms with Crippen molar-refractivity contribution in [2.75, 3.05) is 44.1 Å². The van der Waals surface area contributed by atoms with Gasteiger partial charge >= 0.3 is 0 Å². The Morgan fingerprint density at radius 3 is 2.50 bits per heavy atom. The minimum absolute atomic E-state index is 0. The average molecular weight is 454 g/mol. The maximum absolute atomic E-state index is 13.0. The summed E-state index contributed by atoms with van der Waals surface area (Å²) in [6.45, 7) is 1.43. The monoisotopic (exact) mass is 453 g/mol. The molecule has 28 heavy (non-hydrogen) atoms. The van der Waals surface area contributed by atoms with Crippen LogP contribution in [0.3, 0.4) is 0 Å². The maximum Gasteiger partial charge on any atom is 0.239 e. The summed E-state index contributed by atoms with van der Waals surface area (Å²) >= 11 is 4.87. The number of benzene rings is 2. The molecule has 1 aromatic heterocycles. The van der Waals surface area contributed by atoms with Crippen molar-refractivity contribution in [2.45, 2.75) is 9.79 Å². The first-order valence-corrected chi connectivity index (χ1v) is 11.7. The number of rotatable bonds is 8. The van der Waals surface area contributed by atoms with E-state index in [2.05, 4.69) is 23.3 Å². The van der Waals surface area contributed by atoms with E-state index in [9.17, 15) is 4.79 Å². The smallest absolute Gasteiger partial charge is 0.239 e. The van der Waals surface area contributed by atoms with E-state index in [0.29, 0.717) is 12.3 Å². The number of aromatic nitrogens is 1. The standard InChI is InChI=1S/C20H23N3OS3.ClH/c1-22(2)11-12-23(19(24)14-26-15-7-5-4-6-8-15)20-21-17-10-9-16(25-3)13-18(17)27-20;/h4-10,13H,11-12,14H2,1-3H3;1H. The molecule has 0 radical (unpaired) electrons. The second-order valence-corrected chi connectivity index (χ2v) is 9.22. The second kappa shape index (κ2) is 11.1. The van der Waals surface area contributed by atoms with Gasteiger partial charge in [-0.2, -0.15) is 0 Å². The highest BCUT2D eigenvalue weighted by Gasteiger charge is 2.20. The fourth-order valence-electron chi connectivity index (χ4n) is 2.50. The summed E-state index contributed by atoms with van der Waals surface area (Å²) < 4.78 is 1.12. The minimum Gasteiger partial charge on any atom is -0.308 e. The van der Waals surface area contributed by atoms with Crippen molar-refractivity contribution in [1.29, 1.82) is 0 Å². The molecule has 3 aromatic rings. The number of thiazole rings is 1. The van der Waals surface area contributed by atoms with Crippen LogP contribution >= 0.6 is 47.3 Å². The van der Waals surface area contributed by atoms with E-state index in [1.165, 1.54) is 4.90 Å². The van der Waals surface area contributed by atoms with Crippen LogP contribution in [0.1, 0.15) is 0 Å². The van der Waals surface area contributed by atoms with Crippen molar-refractivity contribution in [2.24, 2.45) is 0 Å². The molecule has 0 aliphatic rings. The van der Waals surface area contributed by atoms with E-state index in [4.69, 9.17) is 4.98 Å². The van der Waals surface area contributed by atoms with Gasteiger partial charge in [0, 0.05) is 22.9 Å². The predicted molar refractivity (Wildman–Crippen MR) is 127 cm³/mol. The number of hydrogen-bond donors (Lipinski definition) is 0. The van der Waals surface area contributed by atoms with Crippen LogP contribution in [0.15, 0.2) is 58.3 Å². The summed E-state index contributed by atoms with van der Waals surface area (Å²) in [5.74, 6) is 0.499. The molecule has 2 aromatic carbocycles. The zero-order valence-electron chi connectivity index (χ0n) is 16.1. The van der Waals surface area contributed by atoms with Crippen molar-refractivity contribution in [3.63, 3.8) is 0 Å². The van der Waals surface area contributed by atoms with Crippen LogP contribution in [0.25, 0.3) is 10.2 Å². The summed E-state index contributed by atoms with van der Waals surface area (Å²) in [5, 5.41) is 0.781. The van der Waals surface area contributed by atoms with E-state index < -0.39 is 0 Å². The summed E-state index contributed by atoms with van der Waals surface area (Å²) in [4.78, 5) is 23.9. The lowest BCUT2D eigenvalue weighted by Gasteiger charge is -2.21. The van der Waals surface area contributed by atoms with E-state index >= 15 is 0 Å². The number of fused-ring (bicyclic) bond motifs is 1. The number of thioether (sulfide) groups is 2. The maximum atomic E-state index is 13.0. The Morgan fingerprint density at radius 2 is 1.82 bits per heavy atom. The highest BCUT2D eigenvalue weighted by atomic mass is 35.5. The lowest BCUT2D eigenvalue weighted by atomic mass is 10.3. The molecule has 0 fully saturated rings. The predicted octanol–water partition coefficient (Wildman–Crippen LogP) is 5.13. The number of carbonyl (C=O) groups is 1. The lowest BCUT2D eigenvalue weighted by molar-refractivity contribution is -0.116. The van der Waals surface area contributed by atoms with E-state index in [-0.39, 0.29) is 18.3 Å². The minimum atomic E-state index is 0. The summed E-state index contributed by atoms with van der Waals surface area (Å²) in [6, 6.07) is 16.3. The quantitative estimate of drug-likeness (QED) is 0.442. The van der Waals surface area contributed by atoms with Gasteiger partial charge in [-0.25, -0.2) is 4.98 Å². The van der Waals surface area contributed by atoms with Gasteiger partial charge < -0.3 is 4.90 Å². The van der Waals surface area contributed by atoms with Crippen LogP contribution in [-0.4, -0.2) is 55.0 Å². The van der Waals surface area contributed by atoms with Gasteiger partial charge in [0.05, 0.1) is 16.0 Å². The van der Waals surface area contributed by atoms with Gasteiger partial charge in [-0.05, 0) is 50.7 Å². The Kier molecular flexibility index (Phi) is 9.11. The normalized spacial score (nSPS) is 10.9. The Morgan fingerprint density at radius 1 is 1.07 bits per heavy atom. The fourth-order valence-corrected chi connectivity index (χ4v) is 4.86. The van der Waals surface area contributed by atoms with E-state index in [1.807, 2.05) is 55.4 Å². The number of anilines is 1. The number of likely N-dealkylation sites (N-methyl/N-ethyl adjacent to an activating group) is 1. The second-order valence-electron chi connectivity index (χ2n) is 6.28. The molecule has 0 saturated heterocycles. The van der Waals surface area contributed by atoms with Crippen molar-refractivity contribution in [3.8, 4) is 0 Å². The Labute approximate surface area is 185 Å². The molecule has 0 saturated carbocycles. The van der Waals surface area contributed by atoms with Gasteiger partial charge in [0.2, 0.25) is 5.91 Å². The molecule has 0 atom stereocenters. The number of halogens is 1. The number of hydrogen-bond acceptors (Lipinski definition) is 6. The Bertz CT molecular complexity index is 902. The molecule has 4 nitrogen and oxygen atoms in total. The average Bonchev–Trinajstić information content (AvgIpc) is 3.09. The highest BCUT2D eigenvalue weighted by Crippen LogP contribution is 2.32. The molecule has 1 amide bonds. The molecule has 1 heterocycles. The molecule has 0 aliphatic carbocycles. The zero-order chi connectivity index (χ0) is 19.2. The molecule has 0 bridgehead atoms. The SMILES string of the molecule is CSc1ccc2nc(N(CCN(C)C)C(=O)CSc3ccccc3)sc2c1.Cl.